The van der Waals surface area contributed by atoms with Crippen molar-refractivity contribution in [3.8, 4) is 0 Å². The highest BCUT2D eigenvalue weighted by atomic mass is 16.4. The molecule has 0 atom stereocenters. The summed E-state index contributed by atoms with van der Waals surface area (Å²) in [5, 5.41) is 8.35. The van der Waals surface area contributed by atoms with Gasteiger partial charge in [-0.2, -0.15) is 0 Å². The third-order valence-electron chi connectivity index (χ3n) is 1.44. The summed E-state index contributed by atoms with van der Waals surface area (Å²) >= 11 is 0. The largest absolute Gasteiger partial charge is 0.481 e. The molecule has 0 fully saturated rings. The van der Waals surface area contributed by atoms with E-state index in [-0.39, 0.29) is 6.42 Å². The normalized spacial score (nSPS) is 8.00. The molecule has 0 unspecified atom stereocenters. The van der Waals surface area contributed by atoms with E-state index in [1.807, 2.05) is 49.5 Å². The van der Waals surface area contributed by atoms with Gasteiger partial charge in [-0.15, -0.1) is 0 Å². The fourth-order valence-corrected chi connectivity index (χ4v) is 0.767. The second-order valence-corrected chi connectivity index (χ2v) is 2.71. The zero-order valence-electron chi connectivity index (χ0n) is 8.54. The Morgan fingerprint density at radius 3 is 2.07 bits per heavy atom. The molecule has 15 heavy (non-hydrogen) atoms. The van der Waals surface area contributed by atoms with Crippen LogP contribution in [-0.2, 0) is 4.79 Å². The lowest BCUT2D eigenvalue weighted by Gasteiger charge is -1.96. The first kappa shape index (κ1) is 15.1. The van der Waals surface area contributed by atoms with Crippen LogP contribution in [0.1, 0.15) is 6.42 Å². The first-order valence-electron chi connectivity index (χ1n) is 4.69. The Kier molecular flexibility index (Phi) is 12.3. The van der Waals surface area contributed by atoms with Crippen LogP contribution in [0.3, 0.4) is 0 Å². The summed E-state index contributed by atoms with van der Waals surface area (Å²) in [5.74, 6) is -0.772. The summed E-state index contributed by atoms with van der Waals surface area (Å²) < 4.78 is 0. The van der Waals surface area contributed by atoms with E-state index in [2.05, 4.69) is 0 Å². The van der Waals surface area contributed by atoms with Crippen LogP contribution in [0.25, 0.3) is 0 Å². The van der Waals surface area contributed by atoms with Crippen LogP contribution in [0.4, 0.5) is 0 Å². The Hall–Kier alpha value is 0.119. The summed E-state index contributed by atoms with van der Waals surface area (Å²) in [7, 11) is 21.2. The van der Waals surface area contributed by atoms with E-state index in [1.54, 1.807) is 7.06 Å². The van der Waals surface area contributed by atoms with Gasteiger partial charge in [0.25, 0.3) is 0 Å². The molecule has 11 radical (unpaired) electrons. The van der Waals surface area contributed by atoms with Crippen molar-refractivity contribution in [2.24, 2.45) is 0 Å². The average Bonchev–Trinajstić information content (AvgIpc) is 2.20. The maximum absolute atomic E-state index is 10.2. The quantitative estimate of drug-likeness (QED) is 0.267. The van der Waals surface area contributed by atoms with Gasteiger partial charge in [-0.25, -0.2) is 0 Å². The van der Waals surface area contributed by atoms with Gasteiger partial charge in [0.2, 0.25) is 0 Å². The summed E-state index contributed by atoms with van der Waals surface area (Å²) in [6, 6.07) is 0. The lowest BCUT2D eigenvalue weighted by molar-refractivity contribution is -0.136. The maximum Gasteiger partial charge on any atom is 0.302 e. The van der Waals surface area contributed by atoms with Crippen molar-refractivity contribution >= 4 is 77.4 Å². The van der Waals surface area contributed by atoms with Crippen LogP contribution in [0.5, 0.6) is 0 Å². The lowest BCUT2D eigenvalue weighted by Crippen LogP contribution is -2.31. The van der Waals surface area contributed by atoms with Crippen LogP contribution in [0.2, 0.25) is 6.32 Å². The van der Waals surface area contributed by atoms with Crippen LogP contribution in [0.15, 0.2) is 0 Å². The zero-order chi connectivity index (χ0) is 11.4. The van der Waals surface area contributed by atoms with Gasteiger partial charge in [0.1, 0.15) is 0 Å². The number of rotatable bonds is 11. The monoisotopic (exact) mass is 183 g/mol. The fourth-order valence-electron chi connectivity index (χ4n) is 0.767. The molecule has 0 aromatic rings. The Morgan fingerprint density at radius 1 is 1.00 bits per heavy atom. The molecular formula is C3H5B10O2. The van der Waals surface area contributed by atoms with Crippen molar-refractivity contribution < 1.29 is 9.90 Å². The standard InChI is InChI=1S/C3H5B10O2/c4-6-8-10-12-13-11-9-7-5-2-1-3(14)15/h1-2H2,(H,14,15). The molecule has 2 nitrogen and oxygen atoms in total. The van der Waals surface area contributed by atoms with Gasteiger partial charge < -0.3 is 5.11 Å². The fraction of sp³-hybridized carbons (Fsp3) is 0.667. The molecule has 0 amide bonds. The first-order chi connectivity index (χ1) is 7.27. The third kappa shape index (κ3) is 14.1. The van der Waals surface area contributed by atoms with E-state index in [4.69, 9.17) is 12.8 Å². The van der Waals surface area contributed by atoms with Gasteiger partial charge in [-0.05, 0) is 0 Å². The van der Waals surface area contributed by atoms with Gasteiger partial charge in [0.05, 0.1) is 7.17 Å². The van der Waals surface area contributed by atoms with E-state index < -0.39 is 5.97 Å². The van der Waals surface area contributed by atoms with Crippen LogP contribution >= 0.6 is 0 Å². The summed E-state index contributed by atoms with van der Waals surface area (Å²) in [4.78, 5) is 10.2. The smallest absolute Gasteiger partial charge is 0.302 e. The van der Waals surface area contributed by atoms with Crippen molar-refractivity contribution in [3.63, 3.8) is 0 Å². The Balaban J connectivity index is 2.89. The minimum Gasteiger partial charge on any atom is -0.481 e. The molecule has 0 aromatic heterocycles. The zero-order valence-corrected chi connectivity index (χ0v) is 8.54. The van der Waals surface area contributed by atoms with Crippen LogP contribution < -0.4 is 0 Å². The predicted octanol–water partition coefficient (Wildman–Crippen LogP) is -3.38. The number of aliphatic carboxylic acids is 1. The Labute approximate surface area is 100 Å². The highest BCUT2D eigenvalue weighted by Gasteiger charge is 1.99. The molecule has 0 bridgehead atoms. The summed E-state index contributed by atoms with van der Waals surface area (Å²) in [6.07, 6.45) is 0.737. The highest BCUT2D eigenvalue weighted by Crippen LogP contribution is 1.85. The van der Waals surface area contributed by atoms with E-state index in [0.717, 1.165) is 0 Å². The molecule has 0 aliphatic heterocycles. The number of carboxylic acids is 1. The molecule has 0 aliphatic rings. The topological polar surface area (TPSA) is 37.3 Å². The van der Waals surface area contributed by atoms with E-state index >= 15 is 0 Å². The van der Waals surface area contributed by atoms with E-state index in [1.165, 1.54) is 7.06 Å². The minimum atomic E-state index is -0.772. The van der Waals surface area contributed by atoms with Crippen molar-refractivity contribution in [2.45, 2.75) is 12.7 Å². The lowest BCUT2D eigenvalue weighted by atomic mass is 8.89. The van der Waals surface area contributed by atoms with Gasteiger partial charge in [0, 0.05) is 70.6 Å². The van der Waals surface area contributed by atoms with Crippen molar-refractivity contribution in [3.05, 3.63) is 0 Å². The summed E-state index contributed by atoms with van der Waals surface area (Å²) in [6.45, 7) is 0. The summed E-state index contributed by atoms with van der Waals surface area (Å²) in [5.41, 5.74) is 0. The van der Waals surface area contributed by atoms with E-state index in [9.17, 15) is 4.79 Å². The second kappa shape index (κ2) is 12.2. The molecular weight excluding hydrogens is 176 g/mol. The molecule has 0 rings (SSSR count). The van der Waals surface area contributed by atoms with E-state index in [0.29, 0.717) is 6.32 Å². The highest BCUT2D eigenvalue weighted by molar-refractivity contribution is 7.68. The van der Waals surface area contributed by atoms with Crippen molar-refractivity contribution in [2.75, 3.05) is 0 Å². The average molecular weight is 181 g/mol. The van der Waals surface area contributed by atoms with Gasteiger partial charge in [-0.1, -0.05) is 6.32 Å². The molecule has 0 aromatic carbocycles. The minimum absolute atomic E-state index is 0.176. The van der Waals surface area contributed by atoms with Gasteiger partial charge >= 0.3 is 5.97 Å². The third-order valence-corrected chi connectivity index (χ3v) is 1.44. The first-order valence-corrected chi connectivity index (χ1v) is 4.69. The molecule has 0 saturated carbocycles. The number of carboxylic acid groups (broad SMARTS) is 1. The molecule has 0 saturated heterocycles. The Morgan fingerprint density at radius 2 is 1.53 bits per heavy atom. The second-order valence-electron chi connectivity index (χ2n) is 2.71. The van der Waals surface area contributed by atoms with Crippen LogP contribution in [-0.4, -0.2) is 82.5 Å². The van der Waals surface area contributed by atoms with Crippen molar-refractivity contribution in [1.29, 1.82) is 0 Å². The number of hydrogen-bond acceptors (Lipinski definition) is 1. The van der Waals surface area contributed by atoms with Gasteiger partial charge in [0.15, 0.2) is 0 Å². The molecule has 0 heterocycles. The number of hydrogen-bond donors (Lipinski definition) is 1. The molecule has 59 valence electrons. The number of carbonyl (C=O) groups is 1. The predicted molar refractivity (Wildman–Crippen MR) is 74.6 cm³/mol. The Bertz CT molecular complexity index is 154. The van der Waals surface area contributed by atoms with Crippen LogP contribution in [0, 0.1) is 0 Å². The molecule has 12 heteroatoms. The van der Waals surface area contributed by atoms with Crippen molar-refractivity contribution in [1.82, 2.24) is 0 Å². The van der Waals surface area contributed by atoms with Gasteiger partial charge in [-0.3, -0.25) is 4.79 Å². The molecule has 0 aliphatic carbocycles. The maximum atomic E-state index is 10.2. The molecule has 1 N–H and O–H groups in total. The SMILES string of the molecule is [B][B][B][B][B][B][B][B][B][B]CCC(=O)O. The molecule has 0 spiro atoms.